The van der Waals surface area contributed by atoms with E-state index in [0.717, 1.165) is 76.7 Å². The molecule has 0 saturated heterocycles. The van der Waals surface area contributed by atoms with Crippen molar-refractivity contribution in [2.45, 2.75) is 0 Å². The van der Waals surface area contributed by atoms with Crippen molar-refractivity contribution in [3.05, 3.63) is 140 Å². The zero-order chi connectivity index (χ0) is 30.2. The van der Waals surface area contributed by atoms with Crippen molar-refractivity contribution in [3.63, 3.8) is 0 Å². The smallest absolute Gasteiger partial charge is 0.164 e. The molecule has 0 spiro atoms. The number of furan rings is 2. The molecule has 0 bridgehead atoms. The van der Waals surface area contributed by atoms with Crippen LogP contribution in [-0.4, -0.2) is 15.0 Å². The van der Waals surface area contributed by atoms with Crippen LogP contribution in [-0.2, 0) is 0 Å². The van der Waals surface area contributed by atoms with Crippen molar-refractivity contribution in [3.8, 4) is 34.2 Å². The maximum absolute atomic E-state index is 6.23. The van der Waals surface area contributed by atoms with Gasteiger partial charge < -0.3 is 8.83 Å². The molecule has 0 aliphatic rings. The molecule has 0 unspecified atom stereocenters. The molecule has 3 heterocycles. The Labute approximate surface area is 262 Å². The first-order valence-electron chi connectivity index (χ1n) is 15.3. The van der Waals surface area contributed by atoms with Crippen molar-refractivity contribution in [2.24, 2.45) is 0 Å². The largest absolute Gasteiger partial charge is 0.456 e. The Hall–Kier alpha value is -6.33. The minimum Gasteiger partial charge on any atom is -0.456 e. The molecular weight excluding hydrogens is 566 g/mol. The van der Waals surface area contributed by atoms with Gasteiger partial charge >= 0.3 is 0 Å². The summed E-state index contributed by atoms with van der Waals surface area (Å²) in [4.78, 5) is 15.1. The molecule has 0 aliphatic carbocycles. The molecule has 0 amide bonds. The van der Waals surface area contributed by atoms with E-state index in [1.54, 1.807) is 0 Å². The van der Waals surface area contributed by atoms with Crippen LogP contribution < -0.4 is 0 Å². The normalized spacial score (nSPS) is 11.9. The molecule has 0 fully saturated rings. The number of rotatable bonds is 3. The van der Waals surface area contributed by atoms with E-state index in [9.17, 15) is 0 Å². The van der Waals surface area contributed by atoms with Gasteiger partial charge in [0.15, 0.2) is 17.5 Å². The molecule has 0 atom stereocenters. The zero-order valence-corrected chi connectivity index (χ0v) is 24.4. The first-order valence-corrected chi connectivity index (χ1v) is 15.3. The third-order valence-corrected chi connectivity index (χ3v) is 8.90. The third kappa shape index (κ3) is 3.79. The van der Waals surface area contributed by atoms with Crippen molar-refractivity contribution in [1.82, 2.24) is 15.0 Å². The van der Waals surface area contributed by atoms with Gasteiger partial charge in [-0.15, -0.1) is 0 Å². The second-order valence-corrected chi connectivity index (χ2v) is 11.6. The van der Waals surface area contributed by atoms with E-state index in [-0.39, 0.29) is 0 Å². The summed E-state index contributed by atoms with van der Waals surface area (Å²) in [5, 5.41) is 8.87. The summed E-state index contributed by atoms with van der Waals surface area (Å²) in [6.07, 6.45) is 0. The van der Waals surface area contributed by atoms with Gasteiger partial charge in [-0.25, -0.2) is 15.0 Å². The monoisotopic (exact) mass is 589 g/mol. The summed E-state index contributed by atoms with van der Waals surface area (Å²) >= 11 is 0. The van der Waals surface area contributed by atoms with Gasteiger partial charge in [0.05, 0.1) is 0 Å². The molecule has 0 saturated carbocycles. The molecule has 0 N–H and O–H groups in total. The quantitative estimate of drug-likeness (QED) is 0.192. The van der Waals surface area contributed by atoms with Crippen LogP contribution in [0.25, 0.3) is 99.6 Å². The Balaban J connectivity index is 1.18. The summed E-state index contributed by atoms with van der Waals surface area (Å²) in [5.74, 6) is 1.84. The highest BCUT2D eigenvalue weighted by molar-refractivity contribution is 6.16. The Morgan fingerprint density at radius 1 is 0.348 bits per heavy atom. The zero-order valence-electron chi connectivity index (χ0n) is 24.4. The summed E-state index contributed by atoms with van der Waals surface area (Å²) < 4.78 is 12.4. The fourth-order valence-corrected chi connectivity index (χ4v) is 6.73. The molecule has 10 aromatic rings. The Bertz CT molecular complexity index is 2810. The predicted octanol–water partition coefficient (Wildman–Crippen LogP) is 11.0. The lowest BCUT2D eigenvalue weighted by Gasteiger charge is -2.10. The molecule has 3 aromatic heterocycles. The molecule has 0 radical (unpaired) electrons. The lowest BCUT2D eigenvalue weighted by atomic mass is 9.98. The number of hydrogen-bond donors (Lipinski definition) is 0. The summed E-state index contributed by atoms with van der Waals surface area (Å²) in [7, 11) is 0. The van der Waals surface area contributed by atoms with E-state index in [4.69, 9.17) is 23.8 Å². The third-order valence-electron chi connectivity index (χ3n) is 8.90. The molecule has 46 heavy (non-hydrogen) atoms. The van der Waals surface area contributed by atoms with Crippen molar-refractivity contribution < 1.29 is 8.83 Å². The molecule has 10 rings (SSSR count). The highest BCUT2D eigenvalue weighted by atomic mass is 16.3. The van der Waals surface area contributed by atoms with Gasteiger partial charge in [-0.2, -0.15) is 0 Å². The standard InChI is InChI=1S/C41H23N3O2/c1-2-9-24(10-3-1)39-42-40(44-41(43-39)31-13-8-16-36-38(31)30-12-5-7-15-35(30)45-36)27-19-20-28-25(21-27)17-18-26-22-33-29-11-4-6-14-34(29)46-37(33)23-32(26)28/h1-23H. The van der Waals surface area contributed by atoms with Gasteiger partial charge in [-0.05, 0) is 57.9 Å². The molecule has 0 aliphatic heterocycles. The van der Waals surface area contributed by atoms with Crippen LogP contribution in [0, 0.1) is 0 Å². The van der Waals surface area contributed by atoms with Gasteiger partial charge in [0.25, 0.3) is 0 Å². The Morgan fingerprint density at radius 3 is 1.85 bits per heavy atom. The predicted molar refractivity (Wildman–Crippen MR) is 186 cm³/mol. The van der Waals surface area contributed by atoms with Gasteiger partial charge in [0, 0.05) is 38.2 Å². The van der Waals surface area contributed by atoms with Crippen LogP contribution in [0.3, 0.4) is 0 Å². The fraction of sp³-hybridized carbons (Fsp3) is 0. The minimum absolute atomic E-state index is 0.604. The van der Waals surface area contributed by atoms with Gasteiger partial charge in [-0.3, -0.25) is 0 Å². The maximum Gasteiger partial charge on any atom is 0.164 e. The minimum atomic E-state index is 0.604. The van der Waals surface area contributed by atoms with Crippen molar-refractivity contribution in [2.75, 3.05) is 0 Å². The first-order chi connectivity index (χ1) is 22.8. The Morgan fingerprint density at radius 2 is 1.00 bits per heavy atom. The van der Waals surface area contributed by atoms with E-state index in [1.165, 1.54) is 5.39 Å². The topological polar surface area (TPSA) is 65.0 Å². The molecule has 5 heteroatoms. The van der Waals surface area contributed by atoms with E-state index in [0.29, 0.717) is 17.5 Å². The van der Waals surface area contributed by atoms with Gasteiger partial charge in [0.2, 0.25) is 0 Å². The lowest BCUT2D eigenvalue weighted by molar-refractivity contribution is 0.669. The average molecular weight is 590 g/mol. The number of benzene rings is 7. The second-order valence-electron chi connectivity index (χ2n) is 11.6. The molecule has 214 valence electrons. The van der Waals surface area contributed by atoms with Crippen molar-refractivity contribution in [1.29, 1.82) is 0 Å². The van der Waals surface area contributed by atoms with Crippen molar-refractivity contribution >= 4 is 65.4 Å². The first kappa shape index (κ1) is 25.0. The SMILES string of the molecule is c1ccc(-c2nc(-c3ccc4c(ccc5cc6c(cc54)oc4ccccc46)c3)nc(-c3cccc4oc5ccccc5c34)n2)cc1. The second kappa shape index (κ2) is 9.58. The summed E-state index contributed by atoms with van der Waals surface area (Å²) in [6.45, 7) is 0. The van der Waals surface area contributed by atoms with Crippen LogP contribution in [0.2, 0.25) is 0 Å². The van der Waals surface area contributed by atoms with E-state index in [2.05, 4.69) is 66.7 Å². The summed E-state index contributed by atoms with van der Waals surface area (Å²) in [5.41, 5.74) is 6.19. The van der Waals surface area contributed by atoms with Crippen LogP contribution in [0.1, 0.15) is 0 Å². The Kier molecular flexibility index (Phi) is 5.22. The molecule has 7 aromatic carbocycles. The van der Waals surface area contributed by atoms with E-state index >= 15 is 0 Å². The summed E-state index contributed by atoms with van der Waals surface area (Å²) in [6, 6.07) is 47.6. The highest BCUT2D eigenvalue weighted by Crippen LogP contribution is 2.38. The number of hydrogen-bond acceptors (Lipinski definition) is 5. The lowest BCUT2D eigenvalue weighted by Crippen LogP contribution is -2.00. The molecular formula is C41H23N3O2. The average Bonchev–Trinajstić information content (AvgIpc) is 3.68. The number of aromatic nitrogens is 3. The van der Waals surface area contributed by atoms with Crippen LogP contribution in [0.5, 0.6) is 0 Å². The maximum atomic E-state index is 6.23. The number of fused-ring (bicyclic) bond motifs is 9. The number of para-hydroxylation sites is 2. The fourth-order valence-electron chi connectivity index (χ4n) is 6.73. The number of nitrogens with zero attached hydrogens (tertiary/aromatic N) is 3. The van der Waals surface area contributed by atoms with Crippen LogP contribution >= 0.6 is 0 Å². The highest BCUT2D eigenvalue weighted by Gasteiger charge is 2.18. The van der Waals surface area contributed by atoms with E-state index in [1.807, 2.05) is 72.8 Å². The van der Waals surface area contributed by atoms with Gasteiger partial charge in [-0.1, -0.05) is 103 Å². The molecule has 5 nitrogen and oxygen atoms in total. The van der Waals surface area contributed by atoms with Crippen LogP contribution in [0.15, 0.2) is 148 Å². The van der Waals surface area contributed by atoms with Crippen LogP contribution in [0.4, 0.5) is 0 Å². The van der Waals surface area contributed by atoms with Gasteiger partial charge in [0.1, 0.15) is 22.3 Å². The van der Waals surface area contributed by atoms with E-state index < -0.39 is 0 Å².